The van der Waals surface area contributed by atoms with Gasteiger partial charge in [-0.15, -0.1) is 0 Å². The number of carbonyl (C=O) groups excluding carboxylic acids is 2. The van der Waals surface area contributed by atoms with Gasteiger partial charge in [-0.05, 0) is 56.7 Å². The maximum Gasteiger partial charge on any atom is 0.318 e. The number of nitrogens with zero attached hydrogens (tertiary/aromatic N) is 4. The maximum atomic E-state index is 13.4. The fourth-order valence-corrected chi connectivity index (χ4v) is 6.02. The van der Waals surface area contributed by atoms with Gasteiger partial charge < -0.3 is 16.0 Å². The second-order valence-corrected chi connectivity index (χ2v) is 10.3. The second-order valence-electron chi connectivity index (χ2n) is 10.3. The molecule has 180 valence electrons. The van der Waals surface area contributed by atoms with Crippen LogP contribution in [-0.2, 0) is 17.5 Å². The quantitative estimate of drug-likeness (QED) is 0.563. The average molecular weight is 471 g/mol. The van der Waals surface area contributed by atoms with Crippen LogP contribution in [0.2, 0.25) is 0 Å². The van der Waals surface area contributed by atoms with E-state index in [0.29, 0.717) is 12.1 Å². The van der Waals surface area contributed by atoms with Crippen LogP contribution in [0, 0.1) is 0 Å². The van der Waals surface area contributed by atoms with E-state index in [1.807, 2.05) is 23.1 Å². The van der Waals surface area contributed by atoms with Gasteiger partial charge in [-0.2, -0.15) is 5.10 Å². The van der Waals surface area contributed by atoms with Crippen molar-refractivity contribution >= 4 is 17.6 Å². The van der Waals surface area contributed by atoms with Crippen molar-refractivity contribution in [3.05, 3.63) is 65.5 Å². The highest BCUT2D eigenvalue weighted by Crippen LogP contribution is 2.45. The van der Waals surface area contributed by atoms with Gasteiger partial charge in [0.15, 0.2) is 5.78 Å². The Balaban J connectivity index is 1.22. The third-order valence-corrected chi connectivity index (χ3v) is 8.24. The lowest BCUT2D eigenvalue weighted by Gasteiger charge is -2.44. The summed E-state index contributed by atoms with van der Waals surface area (Å²) in [5.41, 5.74) is 9.88. The molecule has 3 N–H and O–H groups in total. The molecule has 1 aliphatic carbocycles. The SMILES string of the molecule is CC(=O)c1cc(-c2cc3n(n2)CC[C@@]32CCN(C(=O)NC3(c4ccccc4)CCC3)C2)cnc1N. The molecule has 8 nitrogen and oxygen atoms in total. The summed E-state index contributed by atoms with van der Waals surface area (Å²) >= 11 is 0. The Morgan fingerprint density at radius 1 is 1.06 bits per heavy atom. The summed E-state index contributed by atoms with van der Waals surface area (Å²) in [4.78, 5) is 31.5. The molecule has 2 aromatic heterocycles. The van der Waals surface area contributed by atoms with Crippen molar-refractivity contribution in [3.63, 3.8) is 0 Å². The van der Waals surface area contributed by atoms with Crippen molar-refractivity contribution in [1.29, 1.82) is 0 Å². The van der Waals surface area contributed by atoms with Crippen LogP contribution < -0.4 is 11.1 Å². The molecule has 0 unspecified atom stereocenters. The van der Waals surface area contributed by atoms with Gasteiger partial charge in [0.2, 0.25) is 0 Å². The van der Waals surface area contributed by atoms with Gasteiger partial charge in [0, 0.05) is 42.5 Å². The topological polar surface area (TPSA) is 106 Å². The summed E-state index contributed by atoms with van der Waals surface area (Å²) < 4.78 is 2.05. The van der Waals surface area contributed by atoms with Crippen LogP contribution in [0.3, 0.4) is 0 Å². The molecule has 0 bridgehead atoms. The van der Waals surface area contributed by atoms with Crippen LogP contribution in [0.15, 0.2) is 48.7 Å². The van der Waals surface area contributed by atoms with E-state index in [-0.39, 0.29) is 28.6 Å². The van der Waals surface area contributed by atoms with Crippen molar-refractivity contribution in [2.75, 3.05) is 18.8 Å². The number of rotatable bonds is 4. The molecule has 1 saturated carbocycles. The molecule has 2 aliphatic heterocycles. The fraction of sp³-hybridized carbons (Fsp3) is 0.407. The van der Waals surface area contributed by atoms with E-state index in [2.05, 4.69) is 33.2 Å². The van der Waals surface area contributed by atoms with Gasteiger partial charge in [0.1, 0.15) is 5.82 Å². The third-order valence-electron chi connectivity index (χ3n) is 8.24. The predicted octanol–water partition coefficient (Wildman–Crippen LogP) is 3.87. The number of pyridine rings is 1. The summed E-state index contributed by atoms with van der Waals surface area (Å²) in [5, 5.41) is 8.19. The number of anilines is 1. The number of aryl methyl sites for hydroxylation is 1. The van der Waals surface area contributed by atoms with Crippen LogP contribution in [-0.4, -0.2) is 44.6 Å². The minimum Gasteiger partial charge on any atom is -0.383 e. The Morgan fingerprint density at radius 2 is 1.83 bits per heavy atom. The molecule has 1 spiro atoms. The number of urea groups is 1. The molecule has 1 saturated heterocycles. The molecule has 1 aromatic carbocycles. The van der Waals surface area contributed by atoms with Crippen molar-refractivity contribution in [3.8, 4) is 11.3 Å². The fourth-order valence-electron chi connectivity index (χ4n) is 6.02. The first-order chi connectivity index (χ1) is 16.9. The smallest absolute Gasteiger partial charge is 0.318 e. The van der Waals surface area contributed by atoms with Crippen LogP contribution in [0.5, 0.6) is 0 Å². The van der Waals surface area contributed by atoms with Gasteiger partial charge in [-0.3, -0.25) is 9.48 Å². The minimum absolute atomic E-state index is 0.0254. The van der Waals surface area contributed by atoms with Crippen LogP contribution in [0.1, 0.15) is 60.6 Å². The second kappa shape index (κ2) is 7.93. The number of ketones is 1. The molecular formula is C27H30N6O2. The molecule has 1 atom stereocenters. The van der Waals surface area contributed by atoms with Gasteiger partial charge >= 0.3 is 6.03 Å². The van der Waals surface area contributed by atoms with E-state index in [0.717, 1.165) is 62.1 Å². The average Bonchev–Trinajstić information content (AvgIpc) is 3.54. The van der Waals surface area contributed by atoms with Gasteiger partial charge in [0.05, 0.1) is 16.8 Å². The number of nitrogens with one attached hydrogen (secondary N) is 1. The molecule has 8 heteroatoms. The number of fused-ring (bicyclic) bond motifs is 2. The number of aromatic nitrogens is 3. The zero-order valence-corrected chi connectivity index (χ0v) is 20.0. The molecule has 2 amide bonds. The van der Waals surface area contributed by atoms with E-state index < -0.39 is 0 Å². The Bertz CT molecular complexity index is 1310. The highest BCUT2D eigenvalue weighted by atomic mass is 16.2. The number of amides is 2. The summed E-state index contributed by atoms with van der Waals surface area (Å²) in [5.74, 6) is 0.124. The Morgan fingerprint density at radius 3 is 2.54 bits per heavy atom. The number of nitrogen functional groups attached to an aromatic ring is 1. The number of carbonyl (C=O) groups is 2. The Kier molecular flexibility index (Phi) is 4.95. The lowest BCUT2D eigenvalue weighted by Crippen LogP contribution is -2.54. The number of hydrogen-bond donors (Lipinski definition) is 2. The van der Waals surface area contributed by atoms with E-state index in [9.17, 15) is 9.59 Å². The van der Waals surface area contributed by atoms with Crippen molar-refractivity contribution in [1.82, 2.24) is 25.0 Å². The van der Waals surface area contributed by atoms with Crippen molar-refractivity contribution < 1.29 is 9.59 Å². The summed E-state index contributed by atoms with van der Waals surface area (Å²) in [6.07, 6.45) is 6.66. The Labute approximate surface area is 204 Å². The predicted molar refractivity (Wildman–Crippen MR) is 133 cm³/mol. The highest BCUT2D eigenvalue weighted by Gasteiger charge is 2.48. The number of Topliss-reactive ketones (excluding diaryl/α,β-unsaturated/α-hetero) is 1. The molecule has 0 radical (unpaired) electrons. The van der Waals surface area contributed by atoms with Gasteiger partial charge in [0.25, 0.3) is 0 Å². The first kappa shape index (κ1) is 21.8. The molecule has 35 heavy (non-hydrogen) atoms. The van der Waals surface area contributed by atoms with Crippen LogP contribution in [0.4, 0.5) is 10.6 Å². The van der Waals surface area contributed by atoms with Crippen LogP contribution in [0.25, 0.3) is 11.3 Å². The maximum absolute atomic E-state index is 13.4. The summed E-state index contributed by atoms with van der Waals surface area (Å²) in [7, 11) is 0. The number of nitrogens with two attached hydrogens (primary N) is 1. The molecular weight excluding hydrogens is 440 g/mol. The molecule has 3 aromatic rings. The number of hydrogen-bond acceptors (Lipinski definition) is 5. The third kappa shape index (κ3) is 3.50. The summed E-state index contributed by atoms with van der Waals surface area (Å²) in [6, 6.07) is 14.2. The first-order valence-corrected chi connectivity index (χ1v) is 12.4. The normalized spacial score (nSPS) is 22.1. The minimum atomic E-state index is -0.241. The number of likely N-dealkylation sites (tertiary alicyclic amines) is 1. The highest BCUT2D eigenvalue weighted by molar-refractivity contribution is 5.99. The van der Waals surface area contributed by atoms with E-state index >= 15 is 0 Å². The van der Waals surface area contributed by atoms with E-state index in [1.165, 1.54) is 12.5 Å². The molecule has 2 fully saturated rings. The van der Waals surface area contributed by atoms with E-state index in [1.54, 1.807) is 12.3 Å². The monoisotopic (exact) mass is 470 g/mol. The molecule has 4 heterocycles. The van der Waals surface area contributed by atoms with E-state index in [4.69, 9.17) is 10.8 Å². The van der Waals surface area contributed by atoms with Gasteiger partial charge in [-0.25, -0.2) is 9.78 Å². The zero-order chi connectivity index (χ0) is 24.2. The summed E-state index contributed by atoms with van der Waals surface area (Å²) in [6.45, 7) is 3.73. The van der Waals surface area contributed by atoms with Crippen LogP contribution >= 0.6 is 0 Å². The van der Waals surface area contributed by atoms with Gasteiger partial charge in [-0.1, -0.05) is 30.3 Å². The lowest BCUT2D eigenvalue weighted by molar-refractivity contribution is 0.101. The molecule has 6 rings (SSSR count). The zero-order valence-electron chi connectivity index (χ0n) is 20.0. The number of benzene rings is 1. The molecule has 3 aliphatic rings. The largest absolute Gasteiger partial charge is 0.383 e. The first-order valence-electron chi connectivity index (χ1n) is 12.4. The standard InChI is InChI=1S/C27H30N6O2/c1-18(34)21-14-19(16-29-24(21)28)22-15-23-26(11-13-33(23)31-22)10-12-32(17-26)25(35)30-27(8-5-9-27)20-6-3-2-4-7-20/h2-4,6-7,14-16H,5,8-13,17H2,1H3,(H2,28,29)(H,30,35)/t26-/m1/s1. The van der Waals surface area contributed by atoms with Crippen molar-refractivity contribution in [2.45, 2.75) is 56.5 Å². The van der Waals surface area contributed by atoms with Crippen molar-refractivity contribution in [2.24, 2.45) is 0 Å². The lowest BCUT2D eigenvalue weighted by atomic mass is 9.72. The Hall–Kier alpha value is -3.68.